The average Bonchev–Trinajstić information content (AvgIpc) is 2.34. The SMILES string of the molecule is CC(C)(C)OC(N)=O.Cc1cc(F)cc(OCCC(=O)O)c1[N+](=O)[O-]. The van der Waals surface area contributed by atoms with Crippen LogP contribution < -0.4 is 10.5 Å². The van der Waals surface area contributed by atoms with Gasteiger partial charge in [-0.2, -0.15) is 0 Å². The number of hydrogen-bond donors (Lipinski definition) is 2. The number of carboxylic acid groups (broad SMARTS) is 1. The summed E-state index contributed by atoms with van der Waals surface area (Å²) >= 11 is 0. The van der Waals surface area contributed by atoms with Gasteiger partial charge in [0, 0.05) is 11.6 Å². The van der Waals surface area contributed by atoms with Crippen LogP contribution >= 0.6 is 0 Å². The minimum absolute atomic E-state index is 0.125. The number of ether oxygens (including phenoxy) is 2. The van der Waals surface area contributed by atoms with Gasteiger partial charge in [0.2, 0.25) is 0 Å². The van der Waals surface area contributed by atoms with E-state index in [0.29, 0.717) is 0 Å². The zero-order valence-corrected chi connectivity index (χ0v) is 14.4. The van der Waals surface area contributed by atoms with Crippen LogP contribution in [0.3, 0.4) is 0 Å². The van der Waals surface area contributed by atoms with Crippen molar-refractivity contribution in [3.8, 4) is 5.75 Å². The van der Waals surface area contributed by atoms with E-state index in [2.05, 4.69) is 4.74 Å². The summed E-state index contributed by atoms with van der Waals surface area (Å²) in [7, 11) is 0. The number of halogens is 1. The number of nitrogens with two attached hydrogens (primary N) is 1. The van der Waals surface area contributed by atoms with Crippen LogP contribution in [-0.2, 0) is 9.53 Å². The Hall–Kier alpha value is -2.91. The van der Waals surface area contributed by atoms with Crippen LogP contribution in [0.5, 0.6) is 5.75 Å². The van der Waals surface area contributed by atoms with Gasteiger partial charge in [-0.05, 0) is 33.8 Å². The van der Waals surface area contributed by atoms with Crippen LogP contribution in [0.25, 0.3) is 0 Å². The summed E-state index contributed by atoms with van der Waals surface area (Å²) < 4.78 is 22.5. The smallest absolute Gasteiger partial charge is 0.405 e. The zero-order chi connectivity index (χ0) is 19.8. The Labute approximate surface area is 143 Å². The molecular formula is C15H21FN2O7. The van der Waals surface area contributed by atoms with E-state index < -0.39 is 28.4 Å². The summed E-state index contributed by atoms with van der Waals surface area (Å²) in [5, 5.41) is 19.1. The first-order chi connectivity index (χ1) is 11.3. The molecular weight excluding hydrogens is 339 g/mol. The van der Waals surface area contributed by atoms with Crippen molar-refractivity contribution in [3.05, 3.63) is 33.6 Å². The van der Waals surface area contributed by atoms with Gasteiger partial charge in [-0.25, -0.2) is 9.18 Å². The number of aryl methyl sites for hydroxylation is 1. The Morgan fingerprint density at radius 1 is 1.36 bits per heavy atom. The fourth-order valence-electron chi connectivity index (χ4n) is 1.60. The van der Waals surface area contributed by atoms with E-state index in [4.69, 9.17) is 15.6 Å². The third-order valence-electron chi connectivity index (χ3n) is 2.39. The molecule has 0 fully saturated rings. The molecule has 10 heteroatoms. The van der Waals surface area contributed by atoms with E-state index >= 15 is 0 Å². The summed E-state index contributed by atoms with van der Waals surface area (Å²) in [6.07, 6.45) is -1.04. The highest BCUT2D eigenvalue weighted by molar-refractivity contribution is 5.66. The Morgan fingerprint density at radius 3 is 2.28 bits per heavy atom. The number of rotatable bonds is 5. The third kappa shape index (κ3) is 9.74. The number of primary amides is 1. The second kappa shape index (κ2) is 9.40. The lowest BCUT2D eigenvalue weighted by molar-refractivity contribution is -0.386. The molecule has 0 bridgehead atoms. The predicted octanol–water partition coefficient (Wildman–Crippen LogP) is 2.78. The van der Waals surface area contributed by atoms with Gasteiger partial charge in [-0.3, -0.25) is 14.9 Å². The Balaban J connectivity index is 0.000000609. The van der Waals surface area contributed by atoms with Crippen LogP contribution in [0.15, 0.2) is 12.1 Å². The number of carbonyl (C=O) groups excluding carboxylic acids is 1. The van der Waals surface area contributed by atoms with Gasteiger partial charge in [0.1, 0.15) is 11.4 Å². The lowest BCUT2D eigenvalue weighted by Crippen LogP contribution is -2.27. The molecule has 0 radical (unpaired) electrons. The molecule has 0 saturated carbocycles. The summed E-state index contributed by atoms with van der Waals surface area (Å²) in [4.78, 5) is 30.3. The second-order valence-corrected chi connectivity index (χ2v) is 5.85. The molecule has 0 aliphatic carbocycles. The highest BCUT2D eigenvalue weighted by Gasteiger charge is 2.20. The summed E-state index contributed by atoms with van der Waals surface area (Å²) in [6, 6.07) is 1.88. The van der Waals surface area contributed by atoms with Crippen molar-refractivity contribution in [2.45, 2.75) is 39.7 Å². The van der Waals surface area contributed by atoms with Crippen molar-refractivity contribution in [2.75, 3.05) is 6.61 Å². The van der Waals surface area contributed by atoms with Crippen LogP contribution in [0.2, 0.25) is 0 Å². The maximum Gasteiger partial charge on any atom is 0.405 e. The van der Waals surface area contributed by atoms with Crippen molar-refractivity contribution in [2.24, 2.45) is 5.73 Å². The molecule has 1 aromatic carbocycles. The normalized spacial score (nSPS) is 10.3. The van der Waals surface area contributed by atoms with E-state index in [1.807, 2.05) is 0 Å². The lowest BCUT2D eigenvalue weighted by Gasteiger charge is -2.16. The average molecular weight is 360 g/mol. The highest BCUT2D eigenvalue weighted by Crippen LogP contribution is 2.31. The van der Waals surface area contributed by atoms with Gasteiger partial charge >= 0.3 is 17.7 Å². The molecule has 0 atom stereocenters. The Bertz CT molecular complexity index is 642. The van der Waals surface area contributed by atoms with Gasteiger partial charge in [0.05, 0.1) is 18.0 Å². The van der Waals surface area contributed by atoms with E-state index in [1.54, 1.807) is 20.8 Å². The van der Waals surface area contributed by atoms with E-state index in [0.717, 1.165) is 12.1 Å². The maximum absolute atomic E-state index is 13.0. The first-order valence-electron chi connectivity index (χ1n) is 7.11. The first kappa shape index (κ1) is 22.1. The molecule has 1 rings (SSSR count). The number of carbonyl (C=O) groups is 2. The fraction of sp³-hybridized carbons (Fsp3) is 0.467. The molecule has 3 N–H and O–H groups in total. The highest BCUT2D eigenvalue weighted by atomic mass is 19.1. The molecule has 0 spiro atoms. The monoisotopic (exact) mass is 360 g/mol. The summed E-state index contributed by atoms with van der Waals surface area (Å²) in [6.45, 7) is 6.41. The molecule has 0 aliphatic heterocycles. The molecule has 1 aromatic rings. The van der Waals surface area contributed by atoms with Crippen molar-refractivity contribution in [3.63, 3.8) is 0 Å². The number of benzene rings is 1. The molecule has 1 amide bonds. The van der Waals surface area contributed by atoms with Crippen molar-refractivity contribution < 1.29 is 33.5 Å². The minimum Gasteiger partial charge on any atom is -0.486 e. The van der Waals surface area contributed by atoms with Crippen LogP contribution in [0.1, 0.15) is 32.8 Å². The standard InChI is InChI=1S/C10H10FNO5.C5H11NO2/c1-6-4-7(11)5-8(10(6)12(15)16)17-3-2-9(13)14;1-5(2,3)8-4(6)7/h4-5H,2-3H2,1H3,(H,13,14);1-3H3,(H2,6,7). The summed E-state index contributed by atoms with van der Waals surface area (Å²) in [5.74, 6) is -2.02. The fourth-order valence-corrected chi connectivity index (χ4v) is 1.60. The quantitative estimate of drug-likeness (QED) is 0.607. The number of amides is 1. The number of hydrogen-bond acceptors (Lipinski definition) is 6. The van der Waals surface area contributed by atoms with E-state index in [9.17, 15) is 24.1 Å². The first-order valence-corrected chi connectivity index (χ1v) is 7.11. The molecule has 0 unspecified atom stereocenters. The Kier molecular flexibility index (Phi) is 8.31. The largest absolute Gasteiger partial charge is 0.486 e. The van der Waals surface area contributed by atoms with Gasteiger partial charge in [-0.15, -0.1) is 0 Å². The summed E-state index contributed by atoms with van der Waals surface area (Å²) in [5.41, 5.74) is 4.04. The van der Waals surface area contributed by atoms with Crippen molar-refractivity contribution in [1.29, 1.82) is 0 Å². The number of carboxylic acids is 1. The van der Waals surface area contributed by atoms with Gasteiger partial charge < -0.3 is 20.3 Å². The van der Waals surface area contributed by atoms with Crippen LogP contribution in [0.4, 0.5) is 14.9 Å². The molecule has 0 aliphatic rings. The molecule has 140 valence electrons. The van der Waals surface area contributed by atoms with Gasteiger partial charge in [0.25, 0.3) is 0 Å². The molecule has 0 saturated heterocycles. The van der Waals surface area contributed by atoms with Crippen molar-refractivity contribution >= 4 is 17.7 Å². The maximum atomic E-state index is 13.0. The molecule has 25 heavy (non-hydrogen) atoms. The number of aliphatic carboxylic acids is 1. The van der Waals surface area contributed by atoms with E-state index in [-0.39, 0.29) is 30.0 Å². The topological polar surface area (TPSA) is 142 Å². The molecule has 9 nitrogen and oxygen atoms in total. The van der Waals surface area contributed by atoms with Crippen LogP contribution in [-0.4, -0.2) is 34.3 Å². The number of nitro groups is 1. The predicted molar refractivity (Wildman–Crippen MR) is 86.0 cm³/mol. The second-order valence-electron chi connectivity index (χ2n) is 5.85. The number of nitrogens with zero attached hydrogens (tertiary/aromatic N) is 1. The lowest BCUT2D eigenvalue weighted by atomic mass is 10.2. The minimum atomic E-state index is -1.10. The van der Waals surface area contributed by atoms with Gasteiger partial charge in [-0.1, -0.05) is 0 Å². The number of nitro benzene ring substituents is 1. The molecule has 0 heterocycles. The van der Waals surface area contributed by atoms with Crippen molar-refractivity contribution in [1.82, 2.24) is 0 Å². The zero-order valence-electron chi connectivity index (χ0n) is 14.4. The van der Waals surface area contributed by atoms with Gasteiger partial charge in [0.15, 0.2) is 5.75 Å². The van der Waals surface area contributed by atoms with E-state index in [1.165, 1.54) is 6.92 Å². The molecule has 0 aromatic heterocycles. The van der Waals surface area contributed by atoms with Crippen LogP contribution in [0, 0.1) is 22.9 Å². The Morgan fingerprint density at radius 2 is 1.92 bits per heavy atom. The third-order valence-corrected chi connectivity index (χ3v) is 2.39.